The number of fused-ring (bicyclic) bond motifs is 4. The highest BCUT2D eigenvalue weighted by Gasteiger charge is 2.51. The lowest BCUT2D eigenvalue weighted by atomic mass is 9.70. The van der Waals surface area contributed by atoms with Crippen molar-refractivity contribution in [1.29, 1.82) is 0 Å². The number of para-hydroxylation sites is 1. The van der Waals surface area contributed by atoms with Gasteiger partial charge in [0.25, 0.3) is 0 Å². The van der Waals surface area contributed by atoms with Gasteiger partial charge in [-0.3, -0.25) is 4.90 Å². The fraction of sp³-hybridized carbons (Fsp3) is 0.500. The summed E-state index contributed by atoms with van der Waals surface area (Å²) in [6.45, 7) is 6.97. The quantitative estimate of drug-likeness (QED) is 0.753. The Bertz CT molecular complexity index is 972. The van der Waals surface area contributed by atoms with E-state index in [1.165, 1.54) is 11.1 Å². The number of nitrogens with zero attached hydrogens (tertiary/aromatic N) is 1. The molecule has 0 aromatic heterocycles. The van der Waals surface area contributed by atoms with Crippen molar-refractivity contribution >= 4 is 5.97 Å². The first-order valence-electron chi connectivity index (χ1n) is 11.5. The van der Waals surface area contributed by atoms with Crippen molar-refractivity contribution in [3.8, 4) is 11.5 Å². The average Bonchev–Trinajstić information content (AvgIpc) is 2.77. The number of benzene rings is 2. The highest BCUT2D eigenvalue weighted by Crippen LogP contribution is 2.52. The molecule has 170 valence electrons. The van der Waals surface area contributed by atoms with Crippen molar-refractivity contribution in [3.63, 3.8) is 0 Å². The molecule has 3 aliphatic heterocycles. The topological polar surface area (TPSA) is 68.2 Å². The Morgan fingerprint density at radius 1 is 1.19 bits per heavy atom. The second-order valence-corrected chi connectivity index (χ2v) is 9.79. The van der Waals surface area contributed by atoms with Crippen LogP contribution in [-0.2, 0) is 16.1 Å². The maximum Gasteiger partial charge on any atom is 0.341 e. The van der Waals surface area contributed by atoms with E-state index in [4.69, 9.17) is 19.3 Å². The van der Waals surface area contributed by atoms with E-state index in [-0.39, 0.29) is 18.3 Å². The fourth-order valence-corrected chi connectivity index (χ4v) is 5.57. The molecule has 6 heteroatoms. The Morgan fingerprint density at radius 3 is 2.75 bits per heavy atom. The number of carbonyl (C=O) groups is 1. The maximum absolute atomic E-state index is 10.7. The summed E-state index contributed by atoms with van der Waals surface area (Å²) in [6.07, 6.45) is 2.55. The van der Waals surface area contributed by atoms with Crippen LogP contribution in [0.2, 0.25) is 0 Å². The average molecular weight is 438 g/mol. The molecule has 0 unspecified atom stereocenters. The van der Waals surface area contributed by atoms with Crippen LogP contribution in [0.15, 0.2) is 48.5 Å². The zero-order chi connectivity index (χ0) is 22.3. The minimum atomic E-state index is -0.969. The molecule has 4 atom stereocenters. The summed E-state index contributed by atoms with van der Waals surface area (Å²) < 4.78 is 18.4. The van der Waals surface area contributed by atoms with Gasteiger partial charge in [0.1, 0.15) is 17.1 Å². The normalized spacial score (nSPS) is 28.6. The number of hydrogen-bond donors (Lipinski definition) is 1. The van der Waals surface area contributed by atoms with Crippen LogP contribution in [0.3, 0.4) is 0 Å². The number of likely N-dealkylation sites (tertiary alicyclic amines) is 1. The molecular formula is C26H31NO5. The highest BCUT2D eigenvalue weighted by atomic mass is 16.5. The summed E-state index contributed by atoms with van der Waals surface area (Å²) in [4.78, 5) is 13.2. The van der Waals surface area contributed by atoms with Crippen molar-refractivity contribution in [2.75, 3.05) is 19.7 Å². The molecule has 32 heavy (non-hydrogen) atoms. The van der Waals surface area contributed by atoms with Crippen molar-refractivity contribution < 1.29 is 24.1 Å². The first kappa shape index (κ1) is 21.3. The summed E-state index contributed by atoms with van der Waals surface area (Å²) in [5.74, 6) is 1.41. The summed E-state index contributed by atoms with van der Waals surface area (Å²) >= 11 is 0. The molecule has 0 aliphatic carbocycles. The van der Waals surface area contributed by atoms with E-state index in [1.54, 1.807) is 0 Å². The molecule has 6 nitrogen and oxygen atoms in total. The van der Waals surface area contributed by atoms with Crippen LogP contribution in [-0.4, -0.2) is 47.4 Å². The zero-order valence-electron chi connectivity index (χ0n) is 18.7. The van der Waals surface area contributed by atoms with Gasteiger partial charge in [-0.05, 0) is 56.4 Å². The Labute approximate surface area is 189 Å². The lowest BCUT2D eigenvalue weighted by molar-refractivity contribution is -0.187. The fourth-order valence-electron chi connectivity index (χ4n) is 5.57. The molecule has 2 fully saturated rings. The molecule has 0 saturated carbocycles. The van der Waals surface area contributed by atoms with Crippen LogP contribution in [0.5, 0.6) is 11.5 Å². The van der Waals surface area contributed by atoms with Gasteiger partial charge in [-0.2, -0.15) is 0 Å². The van der Waals surface area contributed by atoms with Gasteiger partial charge in [-0.25, -0.2) is 4.79 Å². The Morgan fingerprint density at radius 2 is 1.97 bits per heavy atom. The summed E-state index contributed by atoms with van der Waals surface area (Å²) in [5, 5.41) is 8.74. The third kappa shape index (κ3) is 4.21. The van der Waals surface area contributed by atoms with E-state index in [2.05, 4.69) is 36.9 Å². The van der Waals surface area contributed by atoms with Crippen LogP contribution in [0.25, 0.3) is 0 Å². The second kappa shape index (κ2) is 8.41. The molecule has 0 bridgehead atoms. The first-order chi connectivity index (χ1) is 15.4. The monoisotopic (exact) mass is 437 g/mol. The van der Waals surface area contributed by atoms with Crippen LogP contribution < -0.4 is 9.47 Å². The molecule has 3 aliphatic rings. The SMILES string of the molecule is CC1(C)Oc2ccccc2[C@H]2O[C@H]3CCN(Cc4ccc(OCC(=O)O)cc4)C[C@@H]3C[C@@H]21. The van der Waals surface area contributed by atoms with E-state index in [0.717, 1.165) is 38.2 Å². The predicted octanol–water partition coefficient (Wildman–Crippen LogP) is 4.29. The van der Waals surface area contributed by atoms with Crippen LogP contribution in [0.4, 0.5) is 0 Å². The predicted molar refractivity (Wildman–Crippen MR) is 120 cm³/mol. The van der Waals surface area contributed by atoms with Crippen molar-refractivity contribution in [2.24, 2.45) is 11.8 Å². The van der Waals surface area contributed by atoms with Crippen LogP contribution in [0, 0.1) is 11.8 Å². The smallest absolute Gasteiger partial charge is 0.341 e. The van der Waals surface area contributed by atoms with Gasteiger partial charge in [0.15, 0.2) is 6.61 Å². The molecule has 0 amide bonds. The standard InChI is InChI=1S/C26H31NO5/c1-26(2)21-13-18-15-27(14-17-7-9-19(10-8-17)30-16-24(28)29)12-11-22(18)31-25(21)20-5-3-4-6-23(20)32-26/h3-10,18,21-22,25H,11-16H2,1-2H3,(H,28,29)/t18-,21-,22-,25+/m0/s1. The zero-order valence-corrected chi connectivity index (χ0v) is 18.7. The highest BCUT2D eigenvalue weighted by molar-refractivity contribution is 5.68. The number of aliphatic carboxylic acids is 1. The molecule has 3 heterocycles. The largest absolute Gasteiger partial charge is 0.487 e. The number of piperidine rings is 1. The summed E-state index contributed by atoms with van der Waals surface area (Å²) in [5.41, 5.74) is 2.15. The molecule has 0 radical (unpaired) electrons. The van der Waals surface area contributed by atoms with Gasteiger partial charge in [0, 0.05) is 31.1 Å². The van der Waals surface area contributed by atoms with Gasteiger partial charge in [-0.1, -0.05) is 30.3 Å². The van der Waals surface area contributed by atoms with E-state index >= 15 is 0 Å². The van der Waals surface area contributed by atoms with E-state index in [9.17, 15) is 4.79 Å². The minimum Gasteiger partial charge on any atom is -0.487 e. The molecule has 2 aromatic rings. The Kier molecular flexibility index (Phi) is 5.59. The summed E-state index contributed by atoms with van der Waals surface area (Å²) in [6, 6.07) is 16.1. The lowest BCUT2D eigenvalue weighted by Crippen LogP contribution is -2.55. The molecule has 2 saturated heterocycles. The van der Waals surface area contributed by atoms with Gasteiger partial charge in [0.05, 0.1) is 12.2 Å². The van der Waals surface area contributed by atoms with Gasteiger partial charge < -0.3 is 19.3 Å². The number of ether oxygens (including phenoxy) is 3. The Balaban J connectivity index is 1.24. The number of hydrogen-bond acceptors (Lipinski definition) is 5. The maximum atomic E-state index is 10.7. The molecule has 5 rings (SSSR count). The van der Waals surface area contributed by atoms with Crippen molar-refractivity contribution in [2.45, 2.75) is 51.0 Å². The third-order valence-corrected chi connectivity index (χ3v) is 7.18. The number of carboxylic acid groups (broad SMARTS) is 1. The van der Waals surface area contributed by atoms with E-state index in [0.29, 0.717) is 23.7 Å². The van der Waals surface area contributed by atoms with Crippen molar-refractivity contribution in [3.05, 3.63) is 59.7 Å². The molecule has 0 spiro atoms. The third-order valence-electron chi connectivity index (χ3n) is 7.18. The van der Waals surface area contributed by atoms with Gasteiger partial charge in [-0.15, -0.1) is 0 Å². The molecule has 1 N–H and O–H groups in total. The Hall–Kier alpha value is -2.57. The van der Waals surface area contributed by atoms with Gasteiger partial charge >= 0.3 is 5.97 Å². The van der Waals surface area contributed by atoms with Gasteiger partial charge in [0.2, 0.25) is 0 Å². The minimum absolute atomic E-state index is 0.112. The number of carboxylic acids is 1. The lowest BCUT2D eigenvalue weighted by Gasteiger charge is -2.53. The molecular weight excluding hydrogens is 406 g/mol. The molecule has 2 aromatic carbocycles. The second-order valence-electron chi connectivity index (χ2n) is 9.79. The number of rotatable bonds is 5. The van der Waals surface area contributed by atoms with Crippen LogP contribution in [0.1, 0.15) is 43.9 Å². The van der Waals surface area contributed by atoms with E-state index < -0.39 is 5.97 Å². The van der Waals surface area contributed by atoms with E-state index in [1.807, 2.05) is 30.3 Å². The first-order valence-corrected chi connectivity index (χ1v) is 11.5. The van der Waals surface area contributed by atoms with Crippen LogP contribution >= 0.6 is 0 Å². The summed E-state index contributed by atoms with van der Waals surface area (Å²) in [7, 11) is 0. The van der Waals surface area contributed by atoms with Crippen molar-refractivity contribution in [1.82, 2.24) is 4.90 Å².